The van der Waals surface area contributed by atoms with Crippen LogP contribution in [0.15, 0.2) is 53.4 Å². The van der Waals surface area contributed by atoms with Crippen LogP contribution in [0.3, 0.4) is 0 Å². The fraction of sp³-hybridized carbons (Fsp3) is 0.381. The van der Waals surface area contributed by atoms with Gasteiger partial charge in [0.15, 0.2) is 0 Å². The Morgan fingerprint density at radius 2 is 1.72 bits per heavy atom. The molecule has 1 amide bonds. The lowest BCUT2D eigenvalue weighted by molar-refractivity contribution is -0.120. The minimum absolute atomic E-state index is 0.175. The number of carbonyl (C=O) groups excluding carboxylic acids is 1. The molecular weight excluding hydrogens is 395 g/mol. The molecule has 2 aromatic carbocycles. The molecule has 156 valence electrons. The second-order valence-corrected chi connectivity index (χ2v) is 8.93. The van der Waals surface area contributed by atoms with E-state index in [9.17, 15) is 17.6 Å². The van der Waals surface area contributed by atoms with Gasteiger partial charge in [0.25, 0.3) is 0 Å². The van der Waals surface area contributed by atoms with Crippen molar-refractivity contribution >= 4 is 21.6 Å². The molecule has 1 N–H and O–H groups in total. The summed E-state index contributed by atoms with van der Waals surface area (Å²) in [6.07, 6.45) is 1.75. The topological polar surface area (TPSA) is 75.7 Å². The van der Waals surface area contributed by atoms with Crippen molar-refractivity contribution in [1.82, 2.24) is 4.31 Å². The van der Waals surface area contributed by atoms with E-state index in [1.54, 1.807) is 24.3 Å². The summed E-state index contributed by atoms with van der Waals surface area (Å²) in [5, 5.41) is 2.76. The van der Waals surface area contributed by atoms with Crippen LogP contribution in [-0.4, -0.2) is 38.3 Å². The van der Waals surface area contributed by atoms with Crippen molar-refractivity contribution in [3.8, 4) is 5.75 Å². The van der Waals surface area contributed by atoms with Gasteiger partial charge < -0.3 is 10.1 Å². The number of piperidine rings is 1. The van der Waals surface area contributed by atoms with E-state index in [4.69, 9.17) is 4.74 Å². The molecule has 0 saturated carbocycles. The lowest BCUT2D eigenvalue weighted by Gasteiger charge is -2.30. The van der Waals surface area contributed by atoms with Crippen molar-refractivity contribution in [2.75, 3.05) is 25.0 Å². The van der Waals surface area contributed by atoms with E-state index in [0.717, 1.165) is 6.42 Å². The third kappa shape index (κ3) is 5.33. The van der Waals surface area contributed by atoms with Crippen LogP contribution >= 0.6 is 0 Å². The number of amides is 1. The highest BCUT2D eigenvalue weighted by Gasteiger charge is 2.32. The molecule has 6 nitrogen and oxygen atoms in total. The molecule has 0 aliphatic carbocycles. The number of benzene rings is 2. The minimum atomic E-state index is -3.61. The lowest BCUT2D eigenvalue weighted by Crippen LogP contribution is -2.41. The molecule has 0 atom stereocenters. The Morgan fingerprint density at radius 3 is 2.31 bits per heavy atom. The number of anilines is 1. The van der Waals surface area contributed by atoms with Gasteiger partial charge in [0.2, 0.25) is 15.9 Å². The van der Waals surface area contributed by atoms with E-state index in [1.165, 1.54) is 28.6 Å². The molecule has 0 radical (unpaired) electrons. The molecule has 1 saturated heterocycles. The summed E-state index contributed by atoms with van der Waals surface area (Å²) in [4.78, 5) is 12.6. The van der Waals surface area contributed by atoms with Crippen molar-refractivity contribution in [3.05, 3.63) is 54.3 Å². The number of ether oxygens (including phenoxy) is 1. The van der Waals surface area contributed by atoms with E-state index in [2.05, 4.69) is 5.32 Å². The number of nitrogens with zero attached hydrogens (tertiary/aromatic N) is 1. The second-order valence-electron chi connectivity index (χ2n) is 6.99. The Kier molecular flexibility index (Phi) is 6.87. The number of halogens is 1. The van der Waals surface area contributed by atoms with Gasteiger partial charge in [-0.1, -0.05) is 6.92 Å². The molecule has 1 aliphatic rings. The number of nitrogens with one attached hydrogen (secondary N) is 1. The van der Waals surface area contributed by atoms with Gasteiger partial charge in [-0.3, -0.25) is 4.79 Å². The maximum Gasteiger partial charge on any atom is 0.243 e. The molecule has 2 aromatic rings. The molecule has 0 unspecified atom stereocenters. The zero-order chi connectivity index (χ0) is 20.9. The first-order chi connectivity index (χ1) is 13.9. The van der Waals surface area contributed by atoms with Crippen LogP contribution in [-0.2, 0) is 14.8 Å². The van der Waals surface area contributed by atoms with Crippen LogP contribution in [0.25, 0.3) is 0 Å². The fourth-order valence-electron chi connectivity index (χ4n) is 3.21. The highest BCUT2D eigenvalue weighted by Crippen LogP contribution is 2.26. The van der Waals surface area contributed by atoms with Crippen LogP contribution < -0.4 is 10.1 Å². The van der Waals surface area contributed by atoms with Crippen LogP contribution in [0.5, 0.6) is 5.75 Å². The van der Waals surface area contributed by atoms with Crippen LogP contribution in [0.4, 0.5) is 10.1 Å². The smallest absolute Gasteiger partial charge is 0.243 e. The number of hydrogen-bond donors (Lipinski definition) is 1. The quantitative estimate of drug-likeness (QED) is 0.742. The zero-order valence-corrected chi connectivity index (χ0v) is 17.1. The molecule has 1 heterocycles. The van der Waals surface area contributed by atoms with Gasteiger partial charge in [-0.15, -0.1) is 0 Å². The zero-order valence-electron chi connectivity index (χ0n) is 16.3. The normalized spacial score (nSPS) is 15.8. The van der Waals surface area contributed by atoms with E-state index in [1.807, 2.05) is 6.92 Å². The first-order valence-electron chi connectivity index (χ1n) is 9.69. The average molecular weight is 421 g/mol. The highest BCUT2D eigenvalue weighted by atomic mass is 32.2. The van der Waals surface area contributed by atoms with Crippen molar-refractivity contribution in [1.29, 1.82) is 0 Å². The number of sulfonamides is 1. The van der Waals surface area contributed by atoms with E-state index >= 15 is 0 Å². The molecular formula is C21H25FN2O4S. The van der Waals surface area contributed by atoms with Crippen molar-refractivity contribution in [2.24, 2.45) is 5.92 Å². The SMILES string of the molecule is CCCOc1ccc(S(=O)(=O)N2CCC(C(=O)Nc3ccc(F)cc3)CC2)cc1. The Hall–Kier alpha value is -2.45. The van der Waals surface area contributed by atoms with Crippen LogP contribution in [0.2, 0.25) is 0 Å². The summed E-state index contributed by atoms with van der Waals surface area (Å²) in [6, 6.07) is 12.0. The lowest BCUT2D eigenvalue weighted by atomic mass is 9.97. The summed E-state index contributed by atoms with van der Waals surface area (Å²) in [5.41, 5.74) is 0.525. The predicted molar refractivity (Wildman–Crippen MR) is 109 cm³/mol. The Morgan fingerprint density at radius 1 is 1.10 bits per heavy atom. The molecule has 0 aromatic heterocycles. The molecule has 1 fully saturated rings. The Labute approximate surface area is 170 Å². The monoisotopic (exact) mass is 420 g/mol. The summed E-state index contributed by atoms with van der Waals surface area (Å²) in [6.45, 7) is 3.14. The first kappa shape index (κ1) is 21.3. The van der Waals surface area contributed by atoms with Crippen molar-refractivity contribution in [3.63, 3.8) is 0 Å². The highest BCUT2D eigenvalue weighted by molar-refractivity contribution is 7.89. The molecule has 0 bridgehead atoms. The van der Waals surface area contributed by atoms with E-state index in [0.29, 0.717) is 30.9 Å². The Bertz CT molecular complexity index is 922. The largest absolute Gasteiger partial charge is 0.494 e. The standard InChI is InChI=1S/C21H25FN2O4S/c1-2-15-28-19-7-9-20(10-8-19)29(26,27)24-13-11-16(12-14-24)21(25)23-18-5-3-17(22)4-6-18/h3-10,16H,2,11-15H2,1H3,(H,23,25). The van der Waals surface area contributed by atoms with Gasteiger partial charge in [0, 0.05) is 24.7 Å². The third-order valence-electron chi connectivity index (χ3n) is 4.87. The summed E-state index contributed by atoms with van der Waals surface area (Å²) < 4.78 is 45.6. The van der Waals surface area contributed by atoms with E-state index < -0.39 is 10.0 Å². The van der Waals surface area contributed by atoms with Gasteiger partial charge in [-0.05, 0) is 67.8 Å². The van der Waals surface area contributed by atoms with E-state index in [-0.39, 0.29) is 35.6 Å². The first-order valence-corrected chi connectivity index (χ1v) is 11.1. The van der Waals surface area contributed by atoms with Crippen LogP contribution in [0, 0.1) is 11.7 Å². The fourth-order valence-corrected chi connectivity index (χ4v) is 4.68. The van der Waals surface area contributed by atoms with Gasteiger partial charge in [-0.2, -0.15) is 4.31 Å². The second kappa shape index (κ2) is 9.37. The molecule has 8 heteroatoms. The van der Waals surface area contributed by atoms with Gasteiger partial charge >= 0.3 is 0 Å². The number of hydrogen-bond acceptors (Lipinski definition) is 4. The van der Waals surface area contributed by atoms with Gasteiger partial charge in [0.1, 0.15) is 11.6 Å². The average Bonchev–Trinajstić information content (AvgIpc) is 2.74. The van der Waals surface area contributed by atoms with Crippen molar-refractivity contribution < 1.29 is 22.3 Å². The predicted octanol–water partition coefficient (Wildman–Crippen LogP) is 3.65. The Balaban J connectivity index is 1.57. The third-order valence-corrected chi connectivity index (χ3v) is 6.78. The summed E-state index contributed by atoms with van der Waals surface area (Å²) >= 11 is 0. The summed E-state index contributed by atoms with van der Waals surface area (Å²) in [5.74, 6) is -0.184. The number of rotatable bonds is 7. The minimum Gasteiger partial charge on any atom is -0.494 e. The van der Waals surface area contributed by atoms with Gasteiger partial charge in [0.05, 0.1) is 11.5 Å². The van der Waals surface area contributed by atoms with Crippen molar-refractivity contribution in [2.45, 2.75) is 31.1 Å². The van der Waals surface area contributed by atoms with Gasteiger partial charge in [-0.25, -0.2) is 12.8 Å². The molecule has 0 spiro atoms. The number of carbonyl (C=O) groups is 1. The summed E-state index contributed by atoms with van der Waals surface area (Å²) in [7, 11) is -3.61. The molecule has 29 heavy (non-hydrogen) atoms. The van der Waals surface area contributed by atoms with Crippen LogP contribution in [0.1, 0.15) is 26.2 Å². The maximum atomic E-state index is 13.0. The molecule has 1 aliphatic heterocycles. The maximum absolute atomic E-state index is 13.0. The molecule has 3 rings (SSSR count).